The van der Waals surface area contributed by atoms with Crippen LogP contribution in [0, 0.1) is 0 Å². The smallest absolute Gasteiger partial charge is 0.315 e. The van der Waals surface area contributed by atoms with Crippen molar-refractivity contribution in [3.8, 4) is 0 Å². The molecule has 7 heteroatoms. The molecule has 0 bridgehead atoms. The molecule has 0 aliphatic carbocycles. The number of amides is 3. The molecule has 0 radical (unpaired) electrons. The molecular weight excluding hydrogens is 400 g/mol. The highest BCUT2D eigenvalue weighted by Gasteiger charge is 2.22. The first kappa shape index (κ1) is 22.1. The fraction of sp³-hybridized carbons (Fsp3) is 0.391. The number of hydrogen-bond acceptors (Lipinski definition) is 3. The van der Waals surface area contributed by atoms with Gasteiger partial charge >= 0.3 is 6.03 Å². The van der Waals surface area contributed by atoms with E-state index in [1.807, 2.05) is 18.2 Å². The van der Waals surface area contributed by atoms with E-state index in [-0.39, 0.29) is 18.5 Å². The summed E-state index contributed by atoms with van der Waals surface area (Å²) < 4.78 is 0. The predicted octanol–water partition coefficient (Wildman–Crippen LogP) is 3.31. The maximum Gasteiger partial charge on any atom is 0.315 e. The predicted molar refractivity (Wildman–Crippen MR) is 119 cm³/mol. The maximum atomic E-state index is 12.2. The van der Waals surface area contributed by atoms with Gasteiger partial charge in [0.05, 0.1) is 6.54 Å². The fourth-order valence-electron chi connectivity index (χ4n) is 3.62. The molecule has 30 heavy (non-hydrogen) atoms. The molecule has 1 aliphatic rings. The topological polar surface area (TPSA) is 73.5 Å². The van der Waals surface area contributed by atoms with Crippen LogP contribution in [-0.2, 0) is 17.9 Å². The van der Waals surface area contributed by atoms with Crippen LogP contribution >= 0.6 is 11.6 Å². The van der Waals surface area contributed by atoms with Crippen molar-refractivity contribution in [2.45, 2.75) is 38.4 Å². The molecule has 3 amide bonds. The lowest BCUT2D eigenvalue weighted by atomic mass is 10.0. The zero-order valence-electron chi connectivity index (χ0n) is 17.1. The van der Waals surface area contributed by atoms with E-state index in [1.165, 1.54) is 18.4 Å². The van der Waals surface area contributed by atoms with Gasteiger partial charge in [0.2, 0.25) is 5.91 Å². The van der Waals surface area contributed by atoms with Crippen molar-refractivity contribution in [3.63, 3.8) is 0 Å². The monoisotopic (exact) mass is 428 g/mol. The molecule has 0 saturated carbocycles. The Morgan fingerprint density at radius 3 is 2.47 bits per heavy atom. The van der Waals surface area contributed by atoms with E-state index in [2.05, 4.69) is 45.1 Å². The van der Waals surface area contributed by atoms with Crippen molar-refractivity contribution in [2.75, 3.05) is 19.6 Å². The van der Waals surface area contributed by atoms with E-state index in [0.29, 0.717) is 24.2 Å². The minimum atomic E-state index is -0.372. The maximum absolute atomic E-state index is 12.2. The number of hydrogen-bond donors (Lipinski definition) is 3. The molecule has 1 atom stereocenters. The Morgan fingerprint density at radius 1 is 0.933 bits per heavy atom. The van der Waals surface area contributed by atoms with Crippen LogP contribution in [0.1, 0.15) is 30.4 Å². The van der Waals surface area contributed by atoms with Gasteiger partial charge in [-0.2, -0.15) is 0 Å². The molecule has 1 heterocycles. The lowest BCUT2D eigenvalue weighted by Gasteiger charge is -2.35. The van der Waals surface area contributed by atoms with E-state index in [1.54, 1.807) is 12.1 Å². The van der Waals surface area contributed by atoms with E-state index < -0.39 is 0 Å². The minimum absolute atomic E-state index is 0.0438. The van der Waals surface area contributed by atoms with E-state index in [9.17, 15) is 9.59 Å². The zero-order chi connectivity index (χ0) is 21.2. The number of nitrogens with one attached hydrogen (secondary N) is 3. The first-order valence-corrected chi connectivity index (χ1v) is 10.8. The van der Waals surface area contributed by atoms with Gasteiger partial charge in [-0.3, -0.25) is 9.69 Å². The summed E-state index contributed by atoms with van der Waals surface area (Å²) in [5.74, 6) is -0.179. The Balaban J connectivity index is 1.36. The van der Waals surface area contributed by atoms with Crippen LogP contribution in [0.5, 0.6) is 0 Å². The normalized spacial score (nSPS) is 16.6. The molecule has 0 aromatic heterocycles. The third kappa shape index (κ3) is 7.35. The average Bonchev–Trinajstić information content (AvgIpc) is 2.77. The minimum Gasteiger partial charge on any atom is -0.353 e. The first-order valence-electron chi connectivity index (χ1n) is 10.4. The lowest BCUT2D eigenvalue weighted by Crippen LogP contribution is -2.48. The van der Waals surface area contributed by atoms with Crippen LogP contribution in [0.15, 0.2) is 54.6 Å². The Morgan fingerprint density at radius 2 is 1.70 bits per heavy atom. The fourth-order valence-corrected chi connectivity index (χ4v) is 3.75. The van der Waals surface area contributed by atoms with Gasteiger partial charge < -0.3 is 16.0 Å². The SMILES string of the molecule is O=C(CNC(=O)NCc1ccc(Cl)cc1)NCC1CCCCN1Cc1ccccc1. The highest BCUT2D eigenvalue weighted by Crippen LogP contribution is 2.19. The Kier molecular flexibility index (Phi) is 8.53. The molecule has 1 unspecified atom stereocenters. The van der Waals surface area contributed by atoms with Gasteiger partial charge in [0, 0.05) is 30.7 Å². The number of nitrogens with zero attached hydrogens (tertiary/aromatic N) is 1. The van der Waals surface area contributed by atoms with Crippen LogP contribution in [0.2, 0.25) is 5.02 Å². The summed E-state index contributed by atoms with van der Waals surface area (Å²) in [6.45, 7) is 2.87. The van der Waals surface area contributed by atoms with Crippen LogP contribution in [0.3, 0.4) is 0 Å². The van der Waals surface area contributed by atoms with Gasteiger partial charge in [-0.05, 0) is 42.6 Å². The van der Waals surface area contributed by atoms with Crippen molar-refractivity contribution in [3.05, 3.63) is 70.7 Å². The van der Waals surface area contributed by atoms with Gasteiger partial charge in [0.25, 0.3) is 0 Å². The Labute approximate surface area is 183 Å². The van der Waals surface area contributed by atoms with Crippen molar-refractivity contribution in [2.24, 2.45) is 0 Å². The van der Waals surface area contributed by atoms with E-state index in [4.69, 9.17) is 11.6 Å². The van der Waals surface area contributed by atoms with Crippen LogP contribution in [-0.4, -0.2) is 42.5 Å². The van der Waals surface area contributed by atoms with Gasteiger partial charge in [0.1, 0.15) is 0 Å². The summed E-state index contributed by atoms with van der Waals surface area (Å²) in [5.41, 5.74) is 2.23. The molecule has 1 saturated heterocycles. The Hall–Kier alpha value is -2.57. The second kappa shape index (κ2) is 11.6. The molecule has 2 aromatic carbocycles. The zero-order valence-corrected chi connectivity index (χ0v) is 17.8. The van der Waals surface area contributed by atoms with Crippen molar-refractivity contribution < 1.29 is 9.59 Å². The molecule has 1 aliphatic heterocycles. The standard InChI is InChI=1S/C23H29ClN4O2/c24-20-11-9-18(10-12-20)14-26-23(30)27-16-22(29)25-15-21-8-4-5-13-28(21)17-19-6-2-1-3-7-19/h1-3,6-7,9-12,21H,4-5,8,13-17H2,(H,25,29)(H2,26,27,30). The number of halogens is 1. The summed E-state index contributed by atoms with van der Waals surface area (Å²) in [6, 6.07) is 17.6. The second-order valence-corrected chi connectivity index (χ2v) is 8.01. The van der Waals surface area contributed by atoms with Crippen LogP contribution in [0.4, 0.5) is 4.79 Å². The summed E-state index contributed by atoms with van der Waals surface area (Å²) in [6.07, 6.45) is 3.44. The second-order valence-electron chi connectivity index (χ2n) is 7.57. The summed E-state index contributed by atoms with van der Waals surface area (Å²) in [7, 11) is 0. The molecule has 3 N–H and O–H groups in total. The number of carbonyl (C=O) groups is 2. The van der Waals surface area contributed by atoms with Gasteiger partial charge in [-0.1, -0.05) is 60.5 Å². The summed E-state index contributed by atoms with van der Waals surface area (Å²) >= 11 is 5.85. The molecular formula is C23H29ClN4O2. The molecule has 160 valence electrons. The molecule has 0 spiro atoms. The highest BCUT2D eigenvalue weighted by molar-refractivity contribution is 6.30. The van der Waals surface area contributed by atoms with Crippen molar-refractivity contribution in [1.82, 2.24) is 20.9 Å². The lowest BCUT2D eigenvalue weighted by molar-refractivity contribution is -0.120. The van der Waals surface area contributed by atoms with Gasteiger partial charge in [-0.25, -0.2) is 4.79 Å². The third-order valence-corrected chi connectivity index (χ3v) is 5.54. The molecule has 1 fully saturated rings. The molecule has 2 aromatic rings. The summed E-state index contributed by atoms with van der Waals surface area (Å²) in [5, 5.41) is 8.95. The van der Waals surface area contributed by atoms with Gasteiger partial charge in [-0.15, -0.1) is 0 Å². The number of rotatable bonds is 8. The number of urea groups is 1. The largest absolute Gasteiger partial charge is 0.353 e. The average molecular weight is 429 g/mol. The van der Waals surface area contributed by atoms with Gasteiger partial charge in [0.15, 0.2) is 0 Å². The molecule has 3 rings (SSSR count). The molecule has 6 nitrogen and oxygen atoms in total. The van der Waals surface area contributed by atoms with Crippen molar-refractivity contribution >= 4 is 23.5 Å². The Bertz CT molecular complexity index is 814. The van der Waals surface area contributed by atoms with Crippen LogP contribution < -0.4 is 16.0 Å². The van der Waals surface area contributed by atoms with E-state index in [0.717, 1.165) is 25.1 Å². The number of piperidine rings is 1. The van der Waals surface area contributed by atoms with E-state index >= 15 is 0 Å². The first-order chi connectivity index (χ1) is 14.6. The highest BCUT2D eigenvalue weighted by atomic mass is 35.5. The third-order valence-electron chi connectivity index (χ3n) is 5.29. The van der Waals surface area contributed by atoms with Crippen LogP contribution in [0.25, 0.3) is 0 Å². The quantitative estimate of drug-likeness (QED) is 0.604. The number of benzene rings is 2. The number of carbonyl (C=O) groups excluding carboxylic acids is 2. The summed E-state index contributed by atoms with van der Waals surface area (Å²) in [4.78, 5) is 26.5. The van der Waals surface area contributed by atoms with Crippen molar-refractivity contribution in [1.29, 1.82) is 0 Å². The number of likely N-dealkylation sites (tertiary alicyclic amines) is 1.